The average Bonchev–Trinajstić information content (AvgIpc) is 2.19. The van der Waals surface area contributed by atoms with Crippen molar-refractivity contribution in [1.29, 1.82) is 0 Å². The highest BCUT2D eigenvalue weighted by molar-refractivity contribution is 4.84. The maximum atomic E-state index is 9.74. The van der Waals surface area contributed by atoms with Crippen molar-refractivity contribution in [1.82, 2.24) is 0 Å². The van der Waals surface area contributed by atoms with Gasteiger partial charge in [-0.05, 0) is 25.7 Å². The molecule has 0 aromatic rings. The third-order valence-electron chi connectivity index (χ3n) is 2.93. The summed E-state index contributed by atoms with van der Waals surface area (Å²) in [4.78, 5) is 0. The lowest BCUT2D eigenvalue weighted by Gasteiger charge is -2.32. The van der Waals surface area contributed by atoms with Crippen LogP contribution in [0, 0.1) is 0 Å². The first-order chi connectivity index (χ1) is 6.75. The fourth-order valence-corrected chi connectivity index (χ4v) is 1.94. The lowest BCUT2D eigenvalue weighted by atomic mass is 9.90. The maximum Gasteiger partial charge on any atom is 0.0952 e. The van der Waals surface area contributed by atoms with E-state index in [1.165, 1.54) is 12.8 Å². The number of rotatable bonds is 5. The Labute approximate surface area is 86.6 Å². The molecule has 0 radical (unpaired) electrons. The lowest BCUT2D eigenvalue weighted by molar-refractivity contribution is -0.0676. The van der Waals surface area contributed by atoms with Crippen LogP contribution in [0.15, 0.2) is 0 Å². The summed E-state index contributed by atoms with van der Waals surface area (Å²) in [5.41, 5.74) is 5.77. The van der Waals surface area contributed by atoms with Crippen molar-refractivity contribution >= 4 is 0 Å². The summed E-state index contributed by atoms with van der Waals surface area (Å²) in [7, 11) is 0. The van der Waals surface area contributed by atoms with Crippen LogP contribution >= 0.6 is 0 Å². The van der Waals surface area contributed by atoms with Gasteiger partial charge in [0.15, 0.2) is 0 Å². The molecule has 3 nitrogen and oxygen atoms in total. The zero-order chi connectivity index (χ0) is 10.4. The van der Waals surface area contributed by atoms with Gasteiger partial charge in [-0.1, -0.05) is 19.8 Å². The average molecular weight is 201 g/mol. The molecule has 3 N–H and O–H groups in total. The monoisotopic (exact) mass is 201 g/mol. The van der Waals surface area contributed by atoms with E-state index in [1.807, 2.05) is 0 Å². The van der Waals surface area contributed by atoms with E-state index in [2.05, 4.69) is 6.92 Å². The molecule has 3 atom stereocenters. The van der Waals surface area contributed by atoms with Gasteiger partial charge in [-0.2, -0.15) is 0 Å². The number of unbranched alkanes of at least 4 members (excludes halogenated alkanes) is 2. The number of aliphatic hydroxyl groups is 1. The summed E-state index contributed by atoms with van der Waals surface area (Å²) >= 11 is 0. The molecule has 0 saturated heterocycles. The van der Waals surface area contributed by atoms with E-state index in [4.69, 9.17) is 10.5 Å². The molecule has 1 aliphatic carbocycles. The van der Waals surface area contributed by atoms with Crippen molar-refractivity contribution in [2.45, 2.75) is 63.7 Å². The van der Waals surface area contributed by atoms with E-state index in [-0.39, 0.29) is 12.1 Å². The molecule has 0 spiro atoms. The van der Waals surface area contributed by atoms with Gasteiger partial charge in [0.05, 0.1) is 12.2 Å². The molecule has 14 heavy (non-hydrogen) atoms. The van der Waals surface area contributed by atoms with Gasteiger partial charge in [0, 0.05) is 12.6 Å². The van der Waals surface area contributed by atoms with Crippen molar-refractivity contribution in [3.05, 3.63) is 0 Å². The maximum absolute atomic E-state index is 9.74. The van der Waals surface area contributed by atoms with Crippen molar-refractivity contribution < 1.29 is 9.84 Å². The number of nitrogens with two attached hydrogens (primary N) is 1. The topological polar surface area (TPSA) is 55.5 Å². The molecule has 0 amide bonds. The van der Waals surface area contributed by atoms with Gasteiger partial charge in [0.25, 0.3) is 0 Å². The van der Waals surface area contributed by atoms with Crippen molar-refractivity contribution in [3.63, 3.8) is 0 Å². The zero-order valence-electron chi connectivity index (χ0n) is 9.11. The fourth-order valence-electron chi connectivity index (χ4n) is 1.94. The fraction of sp³-hybridized carbons (Fsp3) is 1.00. The molecule has 0 aromatic heterocycles. The summed E-state index contributed by atoms with van der Waals surface area (Å²) < 4.78 is 5.64. The Morgan fingerprint density at radius 1 is 1.36 bits per heavy atom. The van der Waals surface area contributed by atoms with Crippen LogP contribution in [-0.2, 0) is 4.74 Å². The van der Waals surface area contributed by atoms with E-state index < -0.39 is 6.10 Å². The first-order valence-electron chi connectivity index (χ1n) is 5.81. The summed E-state index contributed by atoms with van der Waals surface area (Å²) in [6, 6.07) is -0.0834. The van der Waals surface area contributed by atoms with E-state index >= 15 is 0 Å². The Kier molecular flexibility index (Phi) is 5.45. The van der Waals surface area contributed by atoms with Gasteiger partial charge in [0.2, 0.25) is 0 Å². The third kappa shape index (κ3) is 3.56. The molecule has 3 heteroatoms. The molecule has 1 aliphatic rings. The standard InChI is InChI=1S/C11H23NO2/c1-2-3-4-8-14-10-7-5-6-9(12)11(10)13/h9-11,13H,2-8,12H2,1H3. The molecule has 0 aromatic carbocycles. The van der Waals surface area contributed by atoms with Crippen molar-refractivity contribution in [3.8, 4) is 0 Å². The number of ether oxygens (including phenoxy) is 1. The van der Waals surface area contributed by atoms with Crippen LogP contribution in [0.5, 0.6) is 0 Å². The van der Waals surface area contributed by atoms with Gasteiger partial charge in [-0.15, -0.1) is 0 Å². The van der Waals surface area contributed by atoms with E-state index in [9.17, 15) is 5.11 Å². The van der Waals surface area contributed by atoms with Crippen molar-refractivity contribution in [2.24, 2.45) is 5.73 Å². The predicted molar refractivity (Wildman–Crippen MR) is 57.1 cm³/mol. The van der Waals surface area contributed by atoms with Gasteiger partial charge in [-0.25, -0.2) is 0 Å². The molecule has 1 rings (SSSR count). The molecular weight excluding hydrogens is 178 g/mol. The predicted octanol–water partition coefficient (Wildman–Crippen LogP) is 1.43. The van der Waals surface area contributed by atoms with Crippen LogP contribution in [0.2, 0.25) is 0 Å². The molecule has 1 fully saturated rings. The highest BCUT2D eigenvalue weighted by Gasteiger charge is 2.29. The second kappa shape index (κ2) is 6.38. The van der Waals surface area contributed by atoms with E-state index in [0.717, 1.165) is 32.3 Å². The lowest BCUT2D eigenvalue weighted by Crippen LogP contribution is -2.47. The SMILES string of the molecule is CCCCCOC1CCCC(N)C1O. The molecule has 1 saturated carbocycles. The minimum absolute atomic E-state index is 0.0180. The Morgan fingerprint density at radius 2 is 2.14 bits per heavy atom. The summed E-state index contributed by atoms with van der Waals surface area (Å²) in [6.45, 7) is 2.94. The number of aliphatic hydroxyl groups excluding tert-OH is 1. The Balaban J connectivity index is 2.15. The molecule has 84 valence electrons. The van der Waals surface area contributed by atoms with Crippen LogP contribution in [0.25, 0.3) is 0 Å². The van der Waals surface area contributed by atoms with Crippen molar-refractivity contribution in [2.75, 3.05) is 6.61 Å². The molecular formula is C11H23NO2. The largest absolute Gasteiger partial charge is 0.389 e. The molecule has 3 unspecified atom stereocenters. The van der Waals surface area contributed by atoms with Crippen LogP contribution in [0.4, 0.5) is 0 Å². The molecule has 0 aliphatic heterocycles. The van der Waals surface area contributed by atoms with E-state index in [1.54, 1.807) is 0 Å². The van der Waals surface area contributed by atoms with Gasteiger partial charge in [0.1, 0.15) is 0 Å². The van der Waals surface area contributed by atoms with E-state index in [0.29, 0.717) is 0 Å². The number of hydrogen-bond acceptors (Lipinski definition) is 3. The Morgan fingerprint density at radius 3 is 2.86 bits per heavy atom. The smallest absolute Gasteiger partial charge is 0.0952 e. The minimum Gasteiger partial charge on any atom is -0.389 e. The zero-order valence-corrected chi connectivity index (χ0v) is 9.11. The van der Waals surface area contributed by atoms with Crippen LogP contribution < -0.4 is 5.73 Å². The first-order valence-corrected chi connectivity index (χ1v) is 5.81. The Bertz CT molecular complexity index is 152. The highest BCUT2D eigenvalue weighted by Crippen LogP contribution is 2.20. The quantitative estimate of drug-likeness (QED) is 0.662. The highest BCUT2D eigenvalue weighted by atomic mass is 16.5. The second-order valence-corrected chi connectivity index (χ2v) is 4.20. The number of hydrogen-bond donors (Lipinski definition) is 2. The molecule has 0 heterocycles. The summed E-state index contributed by atoms with van der Waals surface area (Å²) in [5.74, 6) is 0. The first kappa shape index (κ1) is 12.0. The third-order valence-corrected chi connectivity index (χ3v) is 2.93. The van der Waals surface area contributed by atoms with Gasteiger partial charge < -0.3 is 15.6 Å². The summed E-state index contributed by atoms with van der Waals surface area (Å²) in [5, 5.41) is 9.74. The van der Waals surface area contributed by atoms with Gasteiger partial charge >= 0.3 is 0 Å². The second-order valence-electron chi connectivity index (χ2n) is 4.20. The van der Waals surface area contributed by atoms with Gasteiger partial charge in [-0.3, -0.25) is 0 Å². The molecule has 0 bridgehead atoms. The minimum atomic E-state index is -0.453. The Hall–Kier alpha value is -0.120. The normalized spacial score (nSPS) is 33.2. The summed E-state index contributed by atoms with van der Waals surface area (Å²) in [6.07, 6.45) is 5.99. The van der Waals surface area contributed by atoms with Crippen LogP contribution in [0.1, 0.15) is 45.4 Å². The van der Waals surface area contributed by atoms with Crippen LogP contribution in [-0.4, -0.2) is 30.0 Å². The van der Waals surface area contributed by atoms with Crippen LogP contribution in [0.3, 0.4) is 0 Å².